The molecule has 0 spiro atoms. The lowest BCUT2D eigenvalue weighted by Gasteiger charge is -2.09. The van der Waals surface area contributed by atoms with Crippen LogP contribution in [-0.2, 0) is 0 Å². The first-order valence-electron chi connectivity index (χ1n) is 10.0. The number of hydrogen-bond donors (Lipinski definition) is 1. The van der Waals surface area contributed by atoms with Gasteiger partial charge in [-0.2, -0.15) is 0 Å². The van der Waals surface area contributed by atoms with E-state index in [2.05, 4.69) is 15.4 Å². The van der Waals surface area contributed by atoms with Gasteiger partial charge in [-0.15, -0.1) is 5.10 Å². The zero-order chi connectivity index (χ0) is 22.0. The summed E-state index contributed by atoms with van der Waals surface area (Å²) in [5, 5.41) is 7.52. The number of nitrogens with zero attached hydrogens (tertiary/aromatic N) is 3. The molecule has 1 heterocycles. The van der Waals surface area contributed by atoms with E-state index >= 15 is 0 Å². The highest BCUT2D eigenvalue weighted by atomic mass is 16.5. The lowest BCUT2D eigenvalue weighted by atomic mass is 10.1. The molecule has 0 fully saturated rings. The Labute approximate surface area is 181 Å². The van der Waals surface area contributed by atoms with Crippen LogP contribution in [0.5, 0.6) is 5.75 Å². The third kappa shape index (κ3) is 4.19. The minimum absolute atomic E-state index is 0.106. The minimum atomic E-state index is -0.349. The summed E-state index contributed by atoms with van der Waals surface area (Å²) < 4.78 is 6.95. The fourth-order valence-corrected chi connectivity index (χ4v) is 3.46. The maximum atomic E-state index is 13.0. The number of rotatable bonds is 5. The molecule has 1 N–H and O–H groups in total. The average molecular weight is 412 g/mol. The molecule has 0 radical (unpaired) electrons. The molecular weight excluding hydrogens is 388 g/mol. The van der Waals surface area contributed by atoms with Crippen LogP contribution in [0.3, 0.4) is 0 Å². The first kappa shape index (κ1) is 20.3. The molecule has 1 amide bonds. The van der Waals surface area contributed by atoms with Crippen molar-refractivity contribution < 1.29 is 9.53 Å². The van der Waals surface area contributed by atoms with E-state index < -0.39 is 0 Å². The van der Waals surface area contributed by atoms with Gasteiger partial charge in [0.2, 0.25) is 5.82 Å². The summed E-state index contributed by atoms with van der Waals surface area (Å²) in [6.07, 6.45) is 0. The fraction of sp³-hybridized carbons (Fsp3) is 0.160. The first-order valence-corrected chi connectivity index (χ1v) is 10.0. The number of amides is 1. The largest absolute Gasteiger partial charge is 0.497 e. The van der Waals surface area contributed by atoms with Crippen LogP contribution in [0.2, 0.25) is 0 Å². The number of carbonyl (C=O) groups is 1. The van der Waals surface area contributed by atoms with E-state index in [0.717, 1.165) is 39.4 Å². The van der Waals surface area contributed by atoms with Crippen LogP contribution < -0.4 is 10.1 Å². The van der Waals surface area contributed by atoms with Crippen LogP contribution in [-0.4, -0.2) is 27.8 Å². The topological polar surface area (TPSA) is 69.0 Å². The Balaban J connectivity index is 1.78. The van der Waals surface area contributed by atoms with Crippen molar-refractivity contribution in [3.8, 4) is 22.8 Å². The fourth-order valence-electron chi connectivity index (χ4n) is 3.46. The van der Waals surface area contributed by atoms with Crippen LogP contribution in [0.15, 0.2) is 66.7 Å². The molecule has 4 aromatic rings. The third-order valence-electron chi connectivity index (χ3n) is 5.12. The molecule has 0 atom stereocenters. The molecule has 0 aliphatic rings. The van der Waals surface area contributed by atoms with Gasteiger partial charge in [-0.05, 0) is 62.2 Å². The molecule has 0 saturated carbocycles. The van der Waals surface area contributed by atoms with Crippen molar-refractivity contribution in [2.24, 2.45) is 0 Å². The molecule has 156 valence electrons. The maximum Gasteiger partial charge on any atom is 0.295 e. The van der Waals surface area contributed by atoms with Gasteiger partial charge in [0, 0.05) is 11.3 Å². The third-order valence-corrected chi connectivity index (χ3v) is 5.12. The summed E-state index contributed by atoms with van der Waals surface area (Å²) in [5.74, 6) is 1.10. The number of para-hydroxylation sites is 1. The van der Waals surface area contributed by atoms with Gasteiger partial charge in [-0.1, -0.05) is 42.0 Å². The summed E-state index contributed by atoms with van der Waals surface area (Å²) in [7, 11) is 1.62. The summed E-state index contributed by atoms with van der Waals surface area (Å²) in [4.78, 5) is 17.6. The van der Waals surface area contributed by atoms with E-state index in [-0.39, 0.29) is 11.7 Å². The molecule has 6 heteroatoms. The second kappa shape index (κ2) is 8.44. The maximum absolute atomic E-state index is 13.0. The molecule has 3 aromatic carbocycles. The Morgan fingerprint density at radius 1 is 0.935 bits per heavy atom. The highest BCUT2D eigenvalue weighted by molar-refractivity contribution is 6.02. The van der Waals surface area contributed by atoms with Crippen LogP contribution in [0.4, 0.5) is 5.69 Å². The molecule has 6 nitrogen and oxygen atoms in total. The molecular formula is C25H24N4O2. The van der Waals surface area contributed by atoms with Crippen LogP contribution in [0.1, 0.15) is 27.3 Å². The average Bonchev–Trinajstić information content (AvgIpc) is 3.22. The minimum Gasteiger partial charge on any atom is -0.497 e. The summed E-state index contributed by atoms with van der Waals surface area (Å²) >= 11 is 0. The highest BCUT2D eigenvalue weighted by Crippen LogP contribution is 2.25. The first-order chi connectivity index (χ1) is 15.0. The number of methoxy groups -OCH3 is 1. The predicted octanol–water partition coefficient (Wildman–Crippen LogP) is 5.12. The number of ether oxygens (including phenoxy) is 1. The molecule has 0 saturated heterocycles. The molecule has 31 heavy (non-hydrogen) atoms. The summed E-state index contributed by atoms with van der Waals surface area (Å²) in [6, 6.07) is 21.4. The molecule has 1 aromatic heterocycles. The molecule has 0 aliphatic carbocycles. The van der Waals surface area contributed by atoms with E-state index in [4.69, 9.17) is 4.74 Å². The Morgan fingerprint density at radius 2 is 1.61 bits per heavy atom. The van der Waals surface area contributed by atoms with Crippen LogP contribution >= 0.6 is 0 Å². The second-order valence-electron chi connectivity index (χ2n) is 7.46. The van der Waals surface area contributed by atoms with E-state index in [1.54, 1.807) is 11.8 Å². The number of aryl methyl sites for hydroxylation is 3. The van der Waals surface area contributed by atoms with Crippen molar-refractivity contribution in [2.45, 2.75) is 20.8 Å². The summed E-state index contributed by atoms with van der Waals surface area (Å²) in [5.41, 5.74) is 5.53. The zero-order valence-electron chi connectivity index (χ0n) is 18.0. The van der Waals surface area contributed by atoms with Crippen molar-refractivity contribution in [1.82, 2.24) is 14.8 Å². The van der Waals surface area contributed by atoms with Gasteiger partial charge in [-0.25, -0.2) is 9.67 Å². The van der Waals surface area contributed by atoms with Gasteiger partial charge < -0.3 is 10.1 Å². The molecule has 0 bridgehead atoms. The van der Waals surface area contributed by atoms with E-state index in [1.165, 1.54) is 0 Å². The Morgan fingerprint density at radius 3 is 2.26 bits per heavy atom. The van der Waals surface area contributed by atoms with Crippen LogP contribution in [0, 0.1) is 20.8 Å². The van der Waals surface area contributed by atoms with Gasteiger partial charge in [-0.3, -0.25) is 4.79 Å². The van der Waals surface area contributed by atoms with Crippen molar-refractivity contribution in [3.05, 3.63) is 89.2 Å². The van der Waals surface area contributed by atoms with Crippen LogP contribution in [0.25, 0.3) is 17.1 Å². The molecule has 0 aliphatic heterocycles. The number of aromatic nitrogens is 3. The normalized spacial score (nSPS) is 10.7. The molecule has 0 unspecified atom stereocenters. The van der Waals surface area contributed by atoms with Crippen molar-refractivity contribution in [2.75, 3.05) is 12.4 Å². The summed E-state index contributed by atoms with van der Waals surface area (Å²) in [6.45, 7) is 5.94. The van der Waals surface area contributed by atoms with Crippen molar-refractivity contribution in [1.29, 1.82) is 0 Å². The second-order valence-corrected chi connectivity index (χ2v) is 7.46. The highest BCUT2D eigenvalue weighted by Gasteiger charge is 2.20. The quantitative estimate of drug-likeness (QED) is 0.494. The number of hydrogen-bond acceptors (Lipinski definition) is 4. The molecule has 4 rings (SSSR count). The van der Waals surface area contributed by atoms with Gasteiger partial charge >= 0.3 is 0 Å². The zero-order valence-corrected chi connectivity index (χ0v) is 18.0. The number of anilines is 1. The van der Waals surface area contributed by atoms with E-state index in [0.29, 0.717) is 5.82 Å². The SMILES string of the molecule is COc1ccc(-n2nc(C(=O)Nc3c(C)cccc3C)nc2-c2cccc(C)c2)cc1. The van der Waals surface area contributed by atoms with Gasteiger partial charge in [0.05, 0.1) is 12.8 Å². The van der Waals surface area contributed by atoms with Gasteiger partial charge in [0.1, 0.15) is 5.75 Å². The lowest BCUT2D eigenvalue weighted by molar-refractivity contribution is 0.101. The Bertz CT molecular complexity index is 1220. The number of carbonyl (C=O) groups excluding carboxylic acids is 1. The van der Waals surface area contributed by atoms with Gasteiger partial charge in [0.25, 0.3) is 5.91 Å². The van der Waals surface area contributed by atoms with Crippen molar-refractivity contribution >= 4 is 11.6 Å². The van der Waals surface area contributed by atoms with Crippen molar-refractivity contribution in [3.63, 3.8) is 0 Å². The van der Waals surface area contributed by atoms with E-state index in [1.807, 2.05) is 87.5 Å². The number of benzene rings is 3. The Kier molecular flexibility index (Phi) is 5.54. The van der Waals surface area contributed by atoms with Gasteiger partial charge in [0.15, 0.2) is 5.82 Å². The smallest absolute Gasteiger partial charge is 0.295 e. The van der Waals surface area contributed by atoms with E-state index in [9.17, 15) is 4.79 Å². The number of nitrogens with one attached hydrogen (secondary N) is 1. The predicted molar refractivity (Wildman–Crippen MR) is 122 cm³/mol. The lowest BCUT2D eigenvalue weighted by Crippen LogP contribution is -2.16. The Hall–Kier alpha value is -3.93. The standard InChI is InChI=1S/C25H24N4O2/c1-16-7-5-10-19(15-16)24-27-23(25(30)26-22-17(2)8-6-9-18(22)3)28-29(24)20-11-13-21(31-4)14-12-20/h5-15H,1-4H3,(H,26,30). The monoisotopic (exact) mass is 412 g/mol.